The van der Waals surface area contributed by atoms with Crippen LogP contribution in [0.2, 0.25) is 0 Å². The second kappa shape index (κ2) is 6.67. The van der Waals surface area contributed by atoms with Gasteiger partial charge in [-0.1, -0.05) is 35.7 Å². The van der Waals surface area contributed by atoms with E-state index in [-0.39, 0.29) is 5.82 Å². The molecule has 2 rings (SSSR count). The second-order valence-electron chi connectivity index (χ2n) is 5.55. The van der Waals surface area contributed by atoms with Crippen molar-refractivity contribution in [3.05, 3.63) is 34.1 Å². The molecule has 0 amide bonds. The quantitative estimate of drug-likeness (QED) is 0.862. The average molecular weight is 314 g/mol. The highest BCUT2D eigenvalue weighted by Crippen LogP contribution is 2.28. The van der Waals surface area contributed by atoms with Crippen LogP contribution in [0.3, 0.4) is 0 Å². The molecular formula is C15H21BrFN. The highest BCUT2D eigenvalue weighted by atomic mass is 79.9. The highest BCUT2D eigenvalue weighted by Gasteiger charge is 2.18. The molecule has 2 atom stereocenters. The van der Waals surface area contributed by atoms with Gasteiger partial charge in [0, 0.05) is 11.0 Å². The molecule has 0 heterocycles. The molecule has 1 fully saturated rings. The van der Waals surface area contributed by atoms with Gasteiger partial charge in [0.25, 0.3) is 0 Å². The van der Waals surface area contributed by atoms with E-state index in [0.29, 0.717) is 0 Å². The summed E-state index contributed by atoms with van der Waals surface area (Å²) < 4.78 is 14.0. The van der Waals surface area contributed by atoms with Crippen LogP contribution in [-0.4, -0.2) is 6.54 Å². The fourth-order valence-electron chi connectivity index (χ4n) is 2.88. The maximum Gasteiger partial charge on any atom is 0.124 e. The van der Waals surface area contributed by atoms with Gasteiger partial charge in [-0.25, -0.2) is 4.39 Å². The molecule has 100 valence electrons. The number of benzene rings is 1. The zero-order valence-corrected chi connectivity index (χ0v) is 12.5. The van der Waals surface area contributed by atoms with Crippen LogP contribution in [0.5, 0.6) is 0 Å². The molecule has 0 spiro atoms. The third-order valence-corrected chi connectivity index (χ3v) is 4.19. The number of hydrogen-bond acceptors (Lipinski definition) is 1. The standard InChI is InChI=1S/C15H21BrFN/c1-11-3-2-4-12(5-11)9-18-10-13-6-14(16)8-15(17)7-13/h6-8,11-12,18H,2-5,9-10H2,1H3. The summed E-state index contributed by atoms with van der Waals surface area (Å²) in [6.45, 7) is 4.15. The molecule has 1 N–H and O–H groups in total. The first-order chi connectivity index (χ1) is 8.63. The SMILES string of the molecule is CC1CCCC(CNCc2cc(F)cc(Br)c2)C1. The molecule has 1 saturated carbocycles. The Balaban J connectivity index is 1.77. The van der Waals surface area contributed by atoms with Gasteiger partial charge in [-0.15, -0.1) is 0 Å². The lowest BCUT2D eigenvalue weighted by atomic mass is 9.82. The van der Waals surface area contributed by atoms with E-state index in [9.17, 15) is 4.39 Å². The van der Waals surface area contributed by atoms with Gasteiger partial charge >= 0.3 is 0 Å². The fraction of sp³-hybridized carbons (Fsp3) is 0.600. The van der Waals surface area contributed by atoms with E-state index >= 15 is 0 Å². The first-order valence-corrected chi connectivity index (χ1v) is 7.58. The highest BCUT2D eigenvalue weighted by molar-refractivity contribution is 9.10. The Kier molecular flexibility index (Phi) is 5.19. The normalized spacial score (nSPS) is 24.2. The third-order valence-electron chi connectivity index (χ3n) is 3.73. The van der Waals surface area contributed by atoms with E-state index in [1.54, 1.807) is 6.07 Å². The Morgan fingerprint density at radius 1 is 1.33 bits per heavy atom. The monoisotopic (exact) mass is 313 g/mol. The molecule has 1 aliphatic rings. The molecule has 0 bridgehead atoms. The molecule has 2 unspecified atom stereocenters. The average Bonchev–Trinajstić information content (AvgIpc) is 2.27. The molecular weight excluding hydrogens is 293 g/mol. The van der Waals surface area contributed by atoms with Crippen molar-refractivity contribution in [3.8, 4) is 0 Å². The smallest absolute Gasteiger partial charge is 0.124 e. The Hall–Kier alpha value is -0.410. The molecule has 1 aromatic rings. The molecule has 3 heteroatoms. The first-order valence-electron chi connectivity index (χ1n) is 6.79. The Labute approximate surface area is 117 Å². The maximum absolute atomic E-state index is 13.2. The number of rotatable bonds is 4. The minimum absolute atomic E-state index is 0.174. The van der Waals surface area contributed by atoms with Gasteiger partial charge in [0.2, 0.25) is 0 Å². The molecule has 0 aliphatic heterocycles. The molecule has 18 heavy (non-hydrogen) atoms. The largest absolute Gasteiger partial charge is 0.312 e. The summed E-state index contributed by atoms with van der Waals surface area (Å²) >= 11 is 3.32. The van der Waals surface area contributed by atoms with Crippen LogP contribution in [0, 0.1) is 17.7 Å². The van der Waals surface area contributed by atoms with Crippen LogP contribution in [0.1, 0.15) is 38.2 Å². The zero-order chi connectivity index (χ0) is 13.0. The summed E-state index contributed by atoms with van der Waals surface area (Å²) in [7, 11) is 0. The van der Waals surface area contributed by atoms with Crippen molar-refractivity contribution in [1.29, 1.82) is 0 Å². The van der Waals surface area contributed by atoms with Crippen LogP contribution in [-0.2, 0) is 6.54 Å². The fourth-order valence-corrected chi connectivity index (χ4v) is 3.39. The number of nitrogens with one attached hydrogen (secondary N) is 1. The third kappa shape index (κ3) is 4.36. The Bertz CT molecular complexity index is 374. The summed E-state index contributed by atoms with van der Waals surface area (Å²) in [5.41, 5.74) is 1.01. The topological polar surface area (TPSA) is 12.0 Å². The van der Waals surface area contributed by atoms with Crippen molar-refractivity contribution in [1.82, 2.24) is 5.32 Å². The Morgan fingerprint density at radius 3 is 2.89 bits per heavy atom. The predicted octanol–water partition coefficient (Wildman–Crippen LogP) is 4.50. The van der Waals surface area contributed by atoms with Crippen LogP contribution in [0.25, 0.3) is 0 Å². The Morgan fingerprint density at radius 2 is 2.17 bits per heavy atom. The van der Waals surface area contributed by atoms with Gasteiger partial charge < -0.3 is 5.32 Å². The molecule has 0 saturated heterocycles. The van der Waals surface area contributed by atoms with Gasteiger partial charge in [-0.2, -0.15) is 0 Å². The van der Waals surface area contributed by atoms with Crippen molar-refractivity contribution in [2.45, 2.75) is 39.2 Å². The van der Waals surface area contributed by atoms with Gasteiger partial charge in [-0.3, -0.25) is 0 Å². The minimum Gasteiger partial charge on any atom is -0.312 e. The lowest BCUT2D eigenvalue weighted by Gasteiger charge is -2.26. The molecule has 1 nitrogen and oxygen atoms in total. The van der Waals surface area contributed by atoms with E-state index in [2.05, 4.69) is 28.2 Å². The summed E-state index contributed by atoms with van der Waals surface area (Å²) in [6.07, 6.45) is 5.41. The number of hydrogen-bond donors (Lipinski definition) is 1. The van der Waals surface area contributed by atoms with Crippen LogP contribution in [0.4, 0.5) is 4.39 Å². The molecule has 1 aromatic carbocycles. The van der Waals surface area contributed by atoms with Crippen molar-refractivity contribution >= 4 is 15.9 Å². The predicted molar refractivity (Wildman–Crippen MR) is 76.9 cm³/mol. The van der Waals surface area contributed by atoms with Gasteiger partial charge in [0.1, 0.15) is 5.82 Å². The van der Waals surface area contributed by atoms with Gasteiger partial charge in [0.05, 0.1) is 0 Å². The van der Waals surface area contributed by atoms with Crippen LogP contribution >= 0.6 is 15.9 Å². The second-order valence-corrected chi connectivity index (χ2v) is 6.46. The lowest BCUT2D eigenvalue weighted by molar-refractivity contribution is 0.274. The number of halogens is 2. The summed E-state index contributed by atoms with van der Waals surface area (Å²) in [5, 5.41) is 3.46. The molecule has 0 radical (unpaired) electrons. The van der Waals surface area contributed by atoms with E-state index in [1.165, 1.54) is 31.7 Å². The van der Waals surface area contributed by atoms with Gasteiger partial charge in [-0.05, 0) is 55.0 Å². The van der Waals surface area contributed by atoms with E-state index < -0.39 is 0 Å². The maximum atomic E-state index is 13.2. The summed E-state index contributed by atoms with van der Waals surface area (Å²) in [5.74, 6) is 1.49. The molecule has 0 aromatic heterocycles. The summed E-state index contributed by atoms with van der Waals surface area (Å²) in [4.78, 5) is 0. The summed E-state index contributed by atoms with van der Waals surface area (Å²) in [6, 6.07) is 5.06. The van der Waals surface area contributed by atoms with Crippen LogP contribution < -0.4 is 5.32 Å². The van der Waals surface area contributed by atoms with Crippen molar-refractivity contribution in [2.24, 2.45) is 11.8 Å². The van der Waals surface area contributed by atoms with E-state index in [4.69, 9.17) is 0 Å². The van der Waals surface area contributed by atoms with E-state index in [1.807, 2.05) is 6.07 Å². The van der Waals surface area contributed by atoms with Crippen molar-refractivity contribution in [3.63, 3.8) is 0 Å². The van der Waals surface area contributed by atoms with Gasteiger partial charge in [0.15, 0.2) is 0 Å². The minimum atomic E-state index is -0.174. The van der Waals surface area contributed by atoms with Crippen molar-refractivity contribution in [2.75, 3.05) is 6.54 Å². The van der Waals surface area contributed by atoms with Crippen LogP contribution in [0.15, 0.2) is 22.7 Å². The zero-order valence-electron chi connectivity index (χ0n) is 10.9. The first kappa shape index (κ1) is 14.0. The van der Waals surface area contributed by atoms with E-state index in [0.717, 1.165) is 35.0 Å². The lowest BCUT2D eigenvalue weighted by Crippen LogP contribution is -2.26. The molecule has 1 aliphatic carbocycles. The van der Waals surface area contributed by atoms with Crippen molar-refractivity contribution < 1.29 is 4.39 Å².